The predicted molar refractivity (Wildman–Crippen MR) is 136 cm³/mol. The van der Waals surface area contributed by atoms with Crippen molar-refractivity contribution in [3.8, 4) is 0 Å². The minimum Gasteiger partial charge on any atom is -0.371 e. The number of thiazole rings is 1. The van der Waals surface area contributed by atoms with E-state index in [4.69, 9.17) is 4.74 Å². The Kier molecular flexibility index (Phi) is 7.71. The molecule has 2 aliphatic heterocycles. The molecular formula is C28H27F6N3O2S. The van der Waals surface area contributed by atoms with Crippen LogP contribution in [-0.2, 0) is 40.6 Å². The fraction of sp³-hybridized carbons (Fsp3) is 0.429. The summed E-state index contributed by atoms with van der Waals surface area (Å²) in [6.07, 6.45) is -9.06. The number of benzene rings is 2. The largest absolute Gasteiger partial charge is 0.416 e. The molecule has 3 aromatic rings. The fourth-order valence-electron chi connectivity index (χ4n) is 5.76. The number of nitrogens with zero attached hydrogens (tertiary/aromatic N) is 1. The molecule has 2 aromatic carbocycles. The van der Waals surface area contributed by atoms with Crippen LogP contribution in [0.4, 0.5) is 26.3 Å². The second-order valence-corrected chi connectivity index (χ2v) is 11.2. The summed E-state index contributed by atoms with van der Waals surface area (Å²) in [6, 6.07) is 10.6. The number of carbonyl (C=O) groups is 1. The lowest BCUT2D eigenvalue weighted by molar-refractivity contribution is -0.143. The first kappa shape index (κ1) is 28.6. The molecule has 0 radical (unpaired) electrons. The average Bonchev–Trinajstić information content (AvgIpc) is 3.47. The summed E-state index contributed by atoms with van der Waals surface area (Å²) in [4.78, 5) is 17.6. The van der Waals surface area contributed by atoms with Crippen LogP contribution in [-0.4, -0.2) is 23.0 Å². The molecule has 5 rings (SSSR count). The molecule has 1 amide bonds. The zero-order valence-corrected chi connectivity index (χ0v) is 22.2. The third kappa shape index (κ3) is 5.89. The summed E-state index contributed by atoms with van der Waals surface area (Å²) in [7, 11) is 0. The van der Waals surface area contributed by atoms with Crippen LogP contribution in [0.1, 0.15) is 52.2 Å². The van der Waals surface area contributed by atoms with Crippen LogP contribution >= 0.6 is 11.3 Å². The molecule has 0 aliphatic carbocycles. The molecule has 1 aromatic heterocycles. The van der Waals surface area contributed by atoms with Gasteiger partial charge in [0.2, 0.25) is 5.91 Å². The number of amides is 1. The zero-order valence-electron chi connectivity index (χ0n) is 21.4. The van der Waals surface area contributed by atoms with Gasteiger partial charge in [-0.25, -0.2) is 4.98 Å². The normalized spacial score (nSPS) is 24.7. The number of piperidine rings is 1. The molecule has 214 valence electrons. The van der Waals surface area contributed by atoms with E-state index in [1.54, 1.807) is 0 Å². The van der Waals surface area contributed by atoms with Crippen LogP contribution in [0.3, 0.4) is 0 Å². The molecule has 0 saturated carbocycles. The van der Waals surface area contributed by atoms with E-state index in [1.807, 2.05) is 42.6 Å². The number of ether oxygens (including phenoxy) is 1. The van der Waals surface area contributed by atoms with Gasteiger partial charge in [0.25, 0.3) is 0 Å². The molecule has 4 atom stereocenters. The Balaban J connectivity index is 1.38. The highest BCUT2D eigenvalue weighted by Crippen LogP contribution is 2.48. The van der Waals surface area contributed by atoms with Gasteiger partial charge in [0.15, 0.2) is 0 Å². The Morgan fingerprint density at radius 2 is 1.75 bits per heavy atom. The summed E-state index contributed by atoms with van der Waals surface area (Å²) in [5.74, 6) is -0.545. The summed E-state index contributed by atoms with van der Waals surface area (Å²) in [5, 5.41) is 9.21. The van der Waals surface area contributed by atoms with E-state index in [0.717, 1.165) is 16.3 Å². The number of hydrogen-bond acceptors (Lipinski definition) is 5. The molecule has 40 heavy (non-hydrogen) atoms. The summed E-state index contributed by atoms with van der Waals surface area (Å²) in [6.45, 7) is 1.73. The molecule has 3 heterocycles. The number of fused-ring (bicyclic) bond motifs is 2. The highest BCUT2D eigenvalue weighted by atomic mass is 32.1. The lowest BCUT2D eigenvalue weighted by atomic mass is 9.80. The van der Waals surface area contributed by atoms with Crippen molar-refractivity contribution in [3.05, 3.63) is 86.9 Å². The molecule has 2 fully saturated rings. The van der Waals surface area contributed by atoms with E-state index in [9.17, 15) is 31.1 Å². The van der Waals surface area contributed by atoms with Gasteiger partial charge in [-0.15, -0.1) is 11.3 Å². The van der Waals surface area contributed by atoms with Gasteiger partial charge in [-0.1, -0.05) is 30.3 Å². The average molecular weight is 584 g/mol. The Morgan fingerprint density at radius 1 is 1.07 bits per heavy atom. The van der Waals surface area contributed by atoms with E-state index < -0.39 is 47.6 Å². The second kappa shape index (κ2) is 10.8. The number of hydrogen-bond donors (Lipinski definition) is 2. The number of nitrogens with one attached hydrogen (secondary N) is 2. The second-order valence-electron chi connectivity index (χ2n) is 10.3. The van der Waals surface area contributed by atoms with Crippen molar-refractivity contribution in [1.82, 2.24) is 15.6 Å². The summed E-state index contributed by atoms with van der Waals surface area (Å²) >= 11 is 1.46. The number of alkyl halides is 6. The van der Waals surface area contributed by atoms with Crippen LogP contribution in [0.15, 0.2) is 53.9 Å². The molecular weight excluding hydrogens is 556 g/mol. The highest BCUT2D eigenvalue weighted by Gasteiger charge is 2.56. The van der Waals surface area contributed by atoms with E-state index in [1.165, 1.54) is 11.3 Å². The summed E-state index contributed by atoms with van der Waals surface area (Å²) < 4.78 is 86.3. The standard InChI is InChI=1S/C28H27F6N3O2S/c1-16-15-40-24(36-16)13-35-25(38)21-12-26(18-5-3-2-4-6-18)23(8-7-22(21)37-26)39-14-17-9-19(27(29,30)31)11-20(10-17)28(32,33)34/h2-6,9-11,15,21-23,37H,7-8,12-14H2,1H3,(H,35,38). The minimum atomic E-state index is -4.94. The number of aromatic nitrogens is 1. The Bertz CT molecular complexity index is 1330. The van der Waals surface area contributed by atoms with Crippen molar-refractivity contribution in [3.63, 3.8) is 0 Å². The Morgan fingerprint density at radius 3 is 2.35 bits per heavy atom. The third-order valence-corrected chi connectivity index (χ3v) is 8.53. The van der Waals surface area contributed by atoms with Crippen LogP contribution in [0.25, 0.3) is 0 Å². The maximum Gasteiger partial charge on any atom is 0.416 e. The van der Waals surface area contributed by atoms with Crippen LogP contribution in [0, 0.1) is 12.8 Å². The monoisotopic (exact) mass is 583 g/mol. The molecule has 2 aliphatic rings. The third-order valence-electron chi connectivity index (χ3n) is 7.56. The van der Waals surface area contributed by atoms with Gasteiger partial charge in [-0.2, -0.15) is 26.3 Å². The van der Waals surface area contributed by atoms with Gasteiger partial charge >= 0.3 is 12.4 Å². The van der Waals surface area contributed by atoms with E-state index >= 15 is 0 Å². The molecule has 2 N–H and O–H groups in total. The number of aryl methyl sites for hydroxylation is 1. The van der Waals surface area contributed by atoms with Gasteiger partial charge in [0, 0.05) is 17.1 Å². The molecule has 2 bridgehead atoms. The van der Waals surface area contributed by atoms with Gasteiger partial charge in [0.05, 0.1) is 41.8 Å². The van der Waals surface area contributed by atoms with Crippen molar-refractivity contribution in [1.29, 1.82) is 0 Å². The smallest absolute Gasteiger partial charge is 0.371 e. The van der Waals surface area contributed by atoms with Crippen molar-refractivity contribution in [2.75, 3.05) is 0 Å². The molecule has 0 spiro atoms. The van der Waals surface area contributed by atoms with Crippen LogP contribution < -0.4 is 10.6 Å². The van der Waals surface area contributed by atoms with Crippen LogP contribution in [0.2, 0.25) is 0 Å². The topological polar surface area (TPSA) is 63.2 Å². The minimum absolute atomic E-state index is 0.106. The van der Waals surface area contributed by atoms with Gasteiger partial charge in [-0.3, -0.25) is 4.79 Å². The fourth-order valence-corrected chi connectivity index (χ4v) is 6.47. The first-order chi connectivity index (χ1) is 18.8. The summed E-state index contributed by atoms with van der Waals surface area (Å²) in [5.41, 5.74) is -2.10. The van der Waals surface area contributed by atoms with Crippen molar-refractivity contribution in [2.24, 2.45) is 5.92 Å². The van der Waals surface area contributed by atoms with Gasteiger partial charge in [0.1, 0.15) is 5.01 Å². The first-order valence-electron chi connectivity index (χ1n) is 12.8. The Hall–Kier alpha value is -2.96. The number of rotatable bonds is 7. The molecule has 12 heteroatoms. The van der Waals surface area contributed by atoms with Gasteiger partial charge < -0.3 is 15.4 Å². The van der Waals surface area contributed by atoms with Crippen LogP contribution in [0.5, 0.6) is 0 Å². The van der Waals surface area contributed by atoms with E-state index in [0.29, 0.717) is 37.9 Å². The lowest BCUT2D eigenvalue weighted by Gasteiger charge is -2.42. The van der Waals surface area contributed by atoms with Crippen molar-refractivity contribution >= 4 is 17.2 Å². The highest BCUT2D eigenvalue weighted by molar-refractivity contribution is 7.09. The number of carbonyl (C=O) groups excluding carboxylic acids is 1. The molecule has 4 unspecified atom stereocenters. The molecule has 5 nitrogen and oxygen atoms in total. The quantitative estimate of drug-likeness (QED) is 0.318. The Labute approximate surface area is 231 Å². The predicted octanol–water partition coefficient (Wildman–Crippen LogP) is 6.36. The first-order valence-corrected chi connectivity index (χ1v) is 13.6. The van der Waals surface area contributed by atoms with E-state index in [-0.39, 0.29) is 23.6 Å². The maximum atomic E-state index is 13.4. The number of halogens is 6. The zero-order chi connectivity index (χ0) is 28.7. The SMILES string of the molecule is Cc1csc(CNC(=O)C2CC3(c4ccccc4)NC2CCC3OCc2cc(C(F)(F)F)cc(C(F)(F)F)c2)n1. The van der Waals surface area contributed by atoms with Gasteiger partial charge in [-0.05, 0) is 55.5 Å². The van der Waals surface area contributed by atoms with Crippen molar-refractivity contribution in [2.45, 2.75) is 69.4 Å². The molecule has 2 saturated heterocycles. The van der Waals surface area contributed by atoms with E-state index in [2.05, 4.69) is 15.6 Å². The van der Waals surface area contributed by atoms with Crippen molar-refractivity contribution < 1.29 is 35.9 Å². The maximum absolute atomic E-state index is 13.4. The lowest BCUT2D eigenvalue weighted by Crippen LogP contribution is -2.54.